The topological polar surface area (TPSA) is 196 Å². The quantitative estimate of drug-likeness (QED) is 0.191. The first kappa shape index (κ1) is 27.4. The summed E-state index contributed by atoms with van der Waals surface area (Å²) in [4.78, 5) is 62.2. The van der Waals surface area contributed by atoms with Crippen molar-refractivity contribution in [3.05, 3.63) is 69.3 Å². The Kier molecular flexibility index (Phi) is 7.39. The van der Waals surface area contributed by atoms with Crippen LogP contribution in [0, 0.1) is 6.92 Å². The number of thioether (sulfide) groups is 2. The Morgan fingerprint density at radius 1 is 1.12 bits per heavy atom. The van der Waals surface area contributed by atoms with Gasteiger partial charge < -0.3 is 20.6 Å². The third-order valence-electron chi connectivity index (χ3n) is 6.28. The van der Waals surface area contributed by atoms with Gasteiger partial charge in [-0.2, -0.15) is 14.3 Å². The van der Waals surface area contributed by atoms with Gasteiger partial charge in [-0.25, -0.2) is 9.59 Å². The van der Waals surface area contributed by atoms with Crippen LogP contribution in [-0.4, -0.2) is 86.3 Å². The van der Waals surface area contributed by atoms with Gasteiger partial charge in [0.15, 0.2) is 11.8 Å². The molecule has 1 saturated heterocycles. The van der Waals surface area contributed by atoms with E-state index in [4.69, 9.17) is 5.11 Å². The number of nitrogens with zero attached hydrogens (tertiary/aromatic N) is 5. The minimum absolute atomic E-state index is 0.144. The Morgan fingerprint density at radius 3 is 2.52 bits per heavy atom. The molecule has 2 aromatic heterocycles. The van der Waals surface area contributed by atoms with Crippen molar-refractivity contribution in [2.45, 2.75) is 36.0 Å². The molecule has 2 aliphatic heterocycles. The number of carboxylic acid groups (broad SMARTS) is 2. The standard InChI is InChI=1S/C24H22N6O8S2/c1-11-2-4-12(5-3-11)19(33)20(34)25-17-21(35)29-18(23(36)37)13(10-40-22(17)29)9-39-15-7-6-14-26-28(8-16(31)32)24(38)30(14)27-15/h2-7,17,19,22,33H,8-10H2,1H3,(H,25,34)(H,31,32)(H,36,37)/t17?,19?,22-/m0/s1. The lowest BCUT2D eigenvalue weighted by Crippen LogP contribution is -2.70. The molecular weight excluding hydrogens is 564 g/mol. The van der Waals surface area contributed by atoms with Crippen LogP contribution >= 0.6 is 23.5 Å². The number of carbonyl (C=O) groups excluding carboxylic acids is 2. The Bertz CT molecular complexity index is 1630. The average molecular weight is 587 g/mol. The minimum atomic E-state index is -1.48. The zero-order valence-corrected chi connectivity index (χ0v) is 22.4. The van der Waals surface area contributed by atoms with Crippen molar-refractivity contribution in [3.8, 4) is 0 Å². The van der Waals surface area contributed by atoms with E-state index in [0.29, 0.717) is 16.2 Å². The number of aliphatic hydroxyl groups is 1. The van der Waals surface area contributed by atoms with Crippen LogP contribution in [0.5, 0.6) is 0 Å². The van der Waals surface area contributed by atoms with Crippen LogP contribution in [0.3, 0.4) is 0 Å². The molecular formula is C24H22N6O8S2. The van der Waals surface area contributed by atoms with Crippen molar-refractivity contribution in [3.63, 3.8) is 0 Å². The lowest BCUT2D eigenvalue weighted by molar-refractivity contribution is -0.151. The highest BCUT2D eigenvalue weighted by atomic mass is 32.2. The zero-order chi connectivity index (χ0) is 28.7. The molecule has 40 heavy (non-hydrogen) atoms. The maximum atomic E-state index is 12.9. The maximum Gasteiger partial charge on any atom is 0.367 e. The van der Waals surface area contributed by atoms with E-state index in [0.717, 1.165) is 31.4 Å². The number of aryl methyl sites for hydroxylation is 1. The predicted molar refractivity (Wildman–Crippen MR) is 141 cm³/mol. The fourth-order valence-electron chi connectivity index (χ4n) is 4.29. The number of aliphatic hydroxyl groups excluding tert-OH is 1. The Balaban J connectivity index is 1.29. The Labute approximate surface area is 233 Å². The molecule has 2 aliphatic rings. The van der Waals surface area contributed by atoms with Gasteiger partial charge >= 0.3 is 17.6 Å². The van der Waals surface area contributed by atoms with Gasteiger partial charge in [-0.3, -0.25) is 19.3 Å². The second-order valence-corrected chi connectivity index (χ2v) is 11.1. The van der Waals surface area contributed by atoms with Gasteiger partial charge in [0.1, 0.15) is 28.7 Å². The van der Waals surface area contributed by atoms with Gasteiger partial charge in [0.25, 0.3) is 11.8 Å². The summed E-state index contributed by atoms with van der Waals surface area (Å²) in [5.41, 5.74) is 1.03. The molecule has 16 heteroatoms. The summed E-state index contributed by atoms with van der Waals surface area (Å²) in [5, 5.41) is 39.6. The molecule has 0 bridgehead atoms. The second kappa shape index (κ2) is 10.8. The SMILES string of the molecule is Cc1ccc(C(O)C(=O)NC2C(=O)N3C(C(=O)O)=C(CSc4ccc5nn(CC(=O)O)c(=O)n5n4)CS[C@@H]23)cc1. The molecule has 14 nitrogen and oxygen atoms in total. The molecule has 0 saturated carbocycles. The smallest absolute Gasteiger partial charge is 0.367 e. The number of aromatic nitrogens is 4. The molecule has 0 spiro atoms. The van der Waals surface area contributed by atoms with Crippen molar-refractivity contribution in [1.29, 1.82) is 0 Å². The molecule has 0 radical (unpaired) electrons. The third-order valence-corrected chi connectivity index (χ3v) is 8.63. The first-order chi connectivity index (χ1) is 19.0. The van der Waals surface area contributed by atoms with E-state index in [1.165, 1.54) is 17.8 Å². The van der Waals surface area contributed by atoms with Gasteiger partial charge in [-0.1, -0.05) is 29.8 Å². The van der Waals surface area contributed by atoms with E-state index in [9.17, 15) is 34.2 Å². The summed E-state index contributed by atoms with van der Waals surface area (Å²) in [6.07, 6.45) is -1.48. The molecule has 4 heterocycles. The molecule has 1 fully saturated rings. The van der Waals surface area contributed by atoms with E-state index < -0.39 is 53.5 Å². The number of rotatable bonds is 9. The third kappa shape index (κ3) is 5.07. The number of benzene rings is 1. The fraction of sp³-hybridized carbons (Fsp3) is 0.292. The van der Waals surface area contributed by atoms with Gasteiger partial charge in [-0.05, 0) is 30.2 Å². The number of carboxylic acids is 2. The molecule has 208 valence electrons. The summed E-state index contributed by atoms with van der Waals surface area (Å²) >= 11 is 2.42. The van der Waals surface area contributed by atoms with Crippen molar-refractivity contribution in [1.82, 2.24) is 29.6 Å². The summed E-state index contributed by atoms with van der Waals surface area (Å²) < 4.78 is 1.73. The lowest BCUT2D eigenvalue weighted by atomic mass is 10.0. The lowest BCUT2D eigenvalue weighted by Gasteiger charge is -2.49. The maximum absolute atomic E-state index is 12.9. The normalized spacial score (nSPS) is 19.2. The van der Waals surface area contributed by atoms with Crippen LogP contribution in [0.2, 0.25) is 0 Å². The zero-order valence-electron chi connectivity index (χ0n) is 20.8. The van der Waals surface area contributed by atoms with Crippen LogP contribution in [0.4, 0.5) is 0 Å². The number of hydrogen-bond acceptors (Lipinski definition) is 10. The van der Waals surface area contributed by atoms with E-state index >= 15 is 0 Å². The van der Waals surface area contributed by atoms with Crippen LogP contribution in [0.15, 0.2) is 57.5 Å². The van der Waals surface area contributed by atoms with E-state index in [-0.39, 0.29) is 22.8 Å². The van der Waals surface area contributed by atoms with Crippen molar-refractivity contribution >= 4 is 52.9 Å². The average Bonchev–Trinajstić information content (AvgIpc) is 3.23. The second-order valence-electron chi connectivity index (χ2n) is 9.03. The highest BCUT2D eigenvalue weighted by Crippen LogP contribution is 2.41. The number of fused-ring (bicyclic) bond motifs is 2. The monoisotopic (exact) mass is 586 g/mol. The Hall–Kier alpha value is -4.15. The summed E-state index contributed by atoms with van der Waals surface area (Å²) in [6, 6.07) is 8.80. The first-order valence-electron chi connectivity index (χ1n) is 11.8. The van der Waals surface area contributed by atoms with Gasteiger partial charge in [0, 0.05) is 11.5 Å². The van der Waals surface area contributed by atoms with Gasteiger partial charge in [-0.15, -0.1) is 28.6 Å². The highest BCUT2D eigenvalue weighted by Gasteiger charge is 2.54. The molecule has 0 aliphatic carbocycles. The number of nitrogens with one attached hydrogen (secondary N) is 1. The van der Waals surface area contributed by atoms with E-state index in [2.05, 4.69) is 15.5 Å². The number of amides is 2. The highest BCUT2D eigenvalue weighted by molar-refractivity contribution is 8.01. The first-order valence-corrected chi connectivity index (χ1v) is 13.8. The molecule has 3 atom stereocenters. The summed E-state index contributed by atoms with van der Waals surface area (Å²) in [6.45, 7) is 1.25. The van der Waals surface area contributed by atoms with Crippen LogP contribution in [0.25, 0.3) is 5.65 Å². The van der Waals surface area contributed by atoms with E-state index in [1.54, 1.807) is 30.3 Å². The van der Waals surface area contributed by atoms with Crippen molar-refractivity contribution in [2.24, 2.45) is 0 Å². The number of β-lactam (4-membered cyclic amide) rings is 1. The molecule has 2 unspecified atom stereocenters. The minimum Gasteiger partial charge on any atom is -0.480 e. The number of carbonyl (C=O) groups is 4. The number of aliphatic carboxylic acids is 2. The Morgan fingerprint density at radius 2 is 1.85 bits per heavy atom. The molecule has 1 aromatic carbocycles. The summed E-state index contributed by atoms with van der Waals surface area (Å²) in [5.74, 6) is -3.48. The largest absolute Gasteiger partial charge is 0.480 e. The van der Waals surface area contributed by atoms with Crippen molar-refractivity contribution in [2.75, 3.05) is 11.5 Å². The summed E-state index contributed by atoms with van der Waals surface area (Å²) in [7, 11) is 0. The molecule has 2 amide bonds. The number of hydrogen-bond donors (Lipinski definition) is 4. The van der Waals surface area contributed by atoms with Crippen molar-refractivity contribution < 1.29 is 34.5 Å². The van der Waals surface area contributed by atoms with Crippen LogP contribution in [0.1, 0.15) is 17.2 Å². The van der Waals surface area contributed by atoms with E-state index in [1.807, 2.05) is 6.92 Å². The molecule has 4 N–H and O–H groups in total. The fourth-order valence-corrected chi connectivity index (χ4v) is 6.63. The van der Waals surface area contributed by atoms with Gasteiger partial charge in [0.2, 0.25) is 0 Å². The van der Waals surface area contributed by atoms with Gasteiger partial charge in [0.05, 0.1) is 0 Å². The predicted octanol–water partition coefficient (Wildman–Crippen LogP) is -0.152. The molecule has 5 rings (SSSR count). The molecule has 3 aromatic rings. The van der Waals surface area contributed by atoms with Crippen LogP contribution < -0.4 is 11.0 Å². The van der Waals surface area contributed by atoms with Crippen LogP contribution in [-0.2, 0) is 25.7 Å².